The second-order valence-electron chi connectivity index (χ2n) is 7.95. The van der Waals surface area contributed by atoms with Gasteiger partial charge in [0.2, 0.25) is 5.91 Å². The van der Waals surface area contributed by atoms with Crippen LogP contribution in [0.15, 0.2) is 34.2 Å². The van der Waals surface area contributed by atoms with Gasteiger partial charge in [0.25, 0.3) is 5.56 Å². The first-order chi connectivity index (χ1) is 13.0. The van der Waals surface area contributed by atoms with Crippen molar-refractivity contribution in [1.29, 1.82) is 0 Å². The summed E-state index contributed by atoms with van der Waals surface area (Å²) >= 11 is 1.36. The van der Waals surface area contributed by atoms with Crippen LogP contribution in [-0.2, 0) is 11.3 Å². The van der Waals surface area contributed by atoms with Crippen molar-refractivity contribution in [3.63, 3.8) is 0 Å². The molecule has 2 aromatic rings. The molecule has 2 atom stereocenters. The van der Waals surface area contributed by atoms with Crippen molar-refractivity contribution in [2.75, 3.05) is 5.75 Å². The molecule has 0 radical (unpaired) electrons. The van der Waals surface area contributed by atoms with Crippen LogP contribution in [0, 0.1) is 11.8 Å². The van der Waals surface area contributed by atoms with Crippen molar-refractivity contribution in [2.24, 2.45) is 11.8 Å². The number of thioether (sulfide) groups is 1. The quantitative estimate of drug-likeness (QED) is 0.604. The molecule has 1 N–H and O–H groups in total. The Labute approximate surface area is 164 Å². The van der Waals surface area contributed by atoms with Gasteiger partial charge in [-0.15, -0.1) is 0 Å². The third-order valence-corrected chi connectivity index (χ3v) is 6.14. The predicted molar refractivity (Wildman–Crippen MR) is 111 cm³/mol. The number of rotatable bonds is 6. The number of amides is 1. The van der Waals surface area contributed by atoms with E-state index in [4.69, 9.17) is 0 Å². The van der Waals surface area contributed by atoms with E-state index in [9.17, 15) is 9.59 Å². The van der Waals surface area contributed by atoms with Crippen molar-refractivity contribution in [3.8, 4) is 0 Å². The van der Waals surface area contributed by atoms with Gasteiger partial charge < -0.3 is 5.32 Å². The molecular formula is C21H29N3O2S. The van der Waals surface area contributed by atoms with Crippen LogP contribution in [0.4, 0.5) is 0 Å². The Morgan fingerprint density at radius 1 is 1.30 bits per heavy atom. The third kappa shape index (κ3) is 4.92. The molecule has 1 heterocycles. The van der Waals surface area contributed by atoms with Crippen LogP contribution >= 0.6 is 11.8 Å². The van der Waals surface area contributed by atoms with Gasteiger partial charge in [0, 0.05) is 12.6 Å². The Kier molecular flexibility index (Phi) is 6.58. The van der Waals surface area contributed by atoms with Crippen LogP contribution in [0.1, 0.15) is 46.5 Å². The molecule has 1 aromatic carbocycles. The summed E-state index contributed by atoms with van der Waals surface area (Å²) in [7, 11) is 0. The lowest BCUT2D eigenvalue weighted by Crippen LogP contribution is -2.42. The number of nitrogens with zero attached hydrogens (tertiary/aromatic N) is 2. The summed E-state index contributed by atoms with van der Waals surface area (Å²) in [6, 6.07) is 7.68. The number of benzene rings is 1. The summed E-state index contributed by atoms with van der Waals surface area (Å²) in [6.07, 6.45) is 4.68. The highest BCUT2D eigenvalue weighted by atomic mass is 32.2. The maximum absolute atomic E-state index is 12.9. The summed E-state index contributed by atoms with van der Waals surface area (Å²) in [5.41, 5.74) is 0.657. The van der Waals surface area contributed by atoms with Gasteiger partial charge in [-0.3, -0.25) is 14.2 Å². The summed E-state index contributed by atoms with van der Waals surface area (Å²) in [5.74, 6) is 1.16. The summed E-state index contributed by atoms with van der Waals surface area (Å²) in [4.78, 5) is 30.0. The lowest BCUT2D eigenvalue weighted by molar-refractivity contribution is -0.119. The largest absolute Gasteiger partial charge is 0.352 e. The highest BCUT2D eigenvalue weighted by Gasteiger charge is 2.23. The average molecular weight is 388 g/mol. The molecule has 0 bridgehead atoms. The SMILES string of the molecule is CC(C)Cn1c(SCC(=O)NC2CCCCC2C)nc2ccccc2c1=O. The van der Waals surface area contributed by atoms with Crippen LogP contribution in [0.3, 0.4) is 0 Å². The van der Waals surface area contributed by atoms with Gasteiger partial charge in [0.1, 0.15) is 0 Å². The highest BCUT2D eigenvalue weighted by molar-refractivity contribution is 7.99. The minimum absolute atomic E-state index is 0.0252. The van der Waals surface area contributed by atoms with E-state index >= 15 is 0 Å². The number of aromatic nitrogens is 2. The molecule has 5 nitrogen and oxygen atoms in total. The molecule has 1 saturated carbocycles. The zero-order chi connectivity index (χ0) is 19.4. The molecular weight excluding hydrogens is 358 g/mol. The number of fused-ring (bicyclic) bond motifs is 1. The Hall–Kier alpha value is -1.82. The molecule has 27 heavy (non-hydrogen) atoms. The second kappa shape index (κ2) is 8.91. The van der Waals surface area contributed by atoms with Gasteiger partial charge >= 0.3 is 0 Å². The van der Waals surface area contributed by atoms with Crippen molar-refractivity contribution >= 4 is 28.6 Å². The molecule has 1 fully saturated rings. The van der Waals surface area contributed by atoms with E-state index in [1.807, 2.05) is 24.3 Å². The number of para-hydroxylation sites is 1. The zero-order valence-electron chi connectivity index (χ0n) is 16.4. The molecule has 0 aliphatic heterocycles. The lowest BCUT2D eigenvalue weighted by atomic mass is 9.86. The van der Waals surface area contributed by atoms with Crippen LogP contribution in [-0.4, -0.2) is 27.3 Å². The number of carbonyl (C=O) groups excluding carboxylic acids is 1. The van der Waals surface area contributed by atoms with E-state index in [1.54, 1.807) is 4.57 Å². The van der Waals surface area contributed by atoms with Crippen molar-refractivity contribution in [2.45, 2.75) is 64.2 Å². The Balaban J connectivity index is 1.76. The van der Waals surface area contributed by atoms with Gasteiger partial charge in [-0.25, -0.2) is 4.98 Å². The van der Waals surface area contributed by atoms with Gasteiger partial charge in [0.15, 0.2) is 5.16 Å². The molecule has 2 unspecified atom stereocenters. The first kappa shape index (κ1) is 19.9. The number of hydrogen-bond donors (Lipinski definition) is 1. The fourth-order valence-electron chi connectivity index (χ4n) is 3.69. The standard InChI is InChI=1S/C21H29N3O2S/c1-14(2)12-24-20(26)16-9-5-7-11-18(16)23-21(24)27-13-19(25)22-17-10-6-4-8-15(17)3/h5,7,9,11,14-15,17H,4,6,8,10,12-13H2,1-3H3,(H,22,25). The fourth-order valence-corrected chi connectivity index (χ4v) is 4.51. The Bertz CT molecular complexity index is 862. The maximum Gasteiger partial charge on any atom is 0.262 e. The lowest BCUT2D eigenvalue weighted by Gasteiger charge is -2.29. The summed E-state index contributed by atoms with van der Waals surface area (Å²) in [6.45, 7) is 6.96. The topological polar surface area (TPSA) is 64.0 Å². The van der Waals surface area contributed by atoms with Gasteiger partial charge in [-0.1, -0.05) is 57.5 Å². The van der Waals surface area contributed by atoms with E-state index in [1.165, 1.54) is 31.0 Å². The summed E-state index contributed by atoms with van der Waals surface area (Å²) < 4.78 is 1.72. The maximum atomic E-state index is 12.9. The Morgan fingerprint density at radius 3 is 2.78 bits per heavy atom. The predicted octanol–water partition coefficient (Wildman–Crippen LogP) is 3.84. The molecule has 3 rings (SSSR count). The first-order valence-electron chi connectivity index (χ1n) is 9.87. The number of hydrogen-bond acceptors (Lipinski definition) is 4. The molecule has 0 saturated heterocycles. The van der Waals surface area contributed by atoms with Crippen LogP contribution < -0.4 is 10.9 Å². The van der Waals surface area contributed by atoms with Gasteiger partial charge in [-0.05, 0) is 36.8 Å². The molecule has 6 heteroatoms. The molecule has 1 aromatic heterocycles. The van der Waals surface area contributed by atoms with E-state index in [0.29, 0.717) is 34.4 Å². The molecule has 1 aliphatic rings. The second-order valence-corrected chi connectivity index (χ2v) is 8.89. The zero-order valence-corrected chi connectivity index (χ0v) is 17.2. The van der Waals surface area contributed by atoms with Crippen molar-refractivity contribution < 1.29 is 4.79 Å². The van der Waals surface area contributed by atoms with Crippen LogP contribution in [0.2, 0.25) is 0 Å². The minimum Gasteiger partial charge on any atom is -0.352 e. The monoisotopic (exact) mass is 387 g/mol. The summed E-state index contributed by atoms with van der Waals surface area (Å²) in [5, 5.41) is 4.43. The number of carbonyl (C=O) groups is 1. The van der Waals surface area contributed by atoms with E-state index in [-0.39, 0.29) is 23.3 Å². The molecule has 1 aliphatic carbocycles. The molecule has 146 valence electrons. The normalized spacial score (nSPS) is 20.1. The van der Waals surface area contributed by atoms with Gasteiger partial charge in [-0.2, -0.15) is 0 Å². The van der Waals surface area contributed by atoms with E-state index in [0.717, 1.165) is 6.42 Å². The third-order valence-electron chi connectivity index (χ3n) is 5.16. The number of nitrogens with one attached hydrogen (secondary N) is 1. The average Bonchev–Trinajstić information content (AvgIpc) is 2.64. The van der Waals surface area contributed by atoms with Crippen LogP contribution in [0.25, 0.3) is 10.9 Å². The fraction of sp³-hybridized carbons (Fsp3) is 0.571. The Morgan fingerprint density at radius 2 is 2.04 bits per heavy atom. The van der Waals surface area contributed by atoms with Crippen molar-refractivity contribution in [1.82, 2.24) is 14.9 Å². The smallest absolute Gasteiger partial charge is 0.262 e. The molecule has 0 spiro atoms. The van der Waals surface area contributed by atoms with Crippen LogP contribution in [0.5, 0.6) is 0 Å². The highest BCUT2D eigenvalue weighted by Crippen LogP contribution is 2.24. The molecule has 1 amide bonds. The van der Waals surface area contributed by atoms with Crippen molar-refractivity contribution in [3.05, 3.63) is 34.6 Å². The minimum atomic E-state index is -0.0295. The van der Waals surface area contributed by atoms with E-state index in [2.05, 4.69) is 31.1 Å². The van der Waals surface area contributed by atoms with E-state index < -0.39 is 0 Å². The first-order valence-corrected chi connectivity index (χ1v) is 10.9. The van der Waals surface area contributed by atoms with Gasteiger partial charge in [0.05, 0.1) is 16.7 Å².